The van der Waals surface area contributed by atoms with E-state index >= 15 is 0 Å². The van der Waals surface area contributed by atoms with Crippen LogP contribution in [0.3, 0.4) is 0 Å². The Hall–Kier alpha value is -0.590. The first-order valence-electron chi connectivity index (χ1n) is 12.9. The minimum atomic E-state index is 0.237. The lowest BCUT2D eigenvalue weighted by Crippen LogP contribution is -2.53. The zero-order valence-electron chi connectivity index (χ0n) is 20.1. The number of hydrogen-bond donors (Lipinski definition) is 0. The summed E-state index contributed by atoms with van der Waals surface area (Å²) in [5, 5.41) is 0. The molecule has 0 radical (unpaired) electrons. The van der Waals surface area contributed by atoms with E-state index in [0.29, 0.717) is 17.1 Å². The van der Waals surface area contributed by atoms with Crippen molar-refractivity contribution in [1.82, 2.24) is 0 Å². The minimum Gasteiger partial charge on any atom is -0.295 e. The topological polar surface area (TPSA) is 17.1 Å². The zero-order chi connectivity index (χ0) is 21.0. The van der Waals surface area contributed by atoms with E-state index in [1.807, 2.05) is 6.08 Å². The maximum absolute atomic E-state index is 12.5. The number of ketones is 1. The van der Waals surface area contributed by atoms with Crippen LogP contribution in [0, 0.1) is 52.3 Å². The number of carbonyl (C=O) groups is 1. The summed E-state index contributed by atoms with van der Waals surface area (Å²) in [4.78, 5) is 12.5. The van der Waals surface area contributed by atoms with Gasteiger partial charge in [0, 0.05) is 6.42 Å². The van der Waals surface area contributed by atoms with Crippen LogP contribution in [0.15, 0.2) is 11.6 Å². The predicted molar refractivity (Wildman–Crippen MR) is 123 cm³/mol. The van der Waals surface area contributed by atoms with Gasteiger partial charge in [-0.1, -0.05) is 59.5 Å². The largest absolute Gasteiger partial charge is 0.295 e. The lowest BCUT2D eigenvalue weighted by Gasteiger charge is -2.60. The second kappa shape index (κ2) is 7.83. The van der Waals surface area contributed by atoms with Gasteiger partial charge in [-0.05, 0) is 104 Å². The summed E-state index contributed by atoms with van der Waals surface area (Å²) in [5.41, 5.74) is 2.19. The Labute approximate surface area is 180 Å². The summed E-state index contributed by atoms with van der Waals surface area (Å²) >= 11 is 0. The van der Waals surface area contributed by atoms with Gasteiger partial charge in [0.1, 0.15) is 0 Å². The van der Waals surface area contributed by atoms with E-state index < -0.39 is 0 Å². The summed E-state index contributed by atoms with van der Waals surface area (Å²) in [5.74, 6) is 6.29. The number of fused-ring (bicyclic) bond motifs is 5. The Bertz CT molecular complexity index is 659. The van der Waals surface area contributed by atoms with Crippen LogP contribution in [-0.2, 0) is 4.79 Å². The normalized spacial score (nSPS) is 45.4. The van der Waals surface area contributed by atoms with Crippen molar-refractivity contribution in [1.29, 1.82) is 0 Å². The van der Waals surface area contributed by atoms with Gasteiger partial charge in [-0.3, -0.25) is 4.79 Å². The number of allylic oxidation sites excluding steroid dienone is 2. The molecule has 0 bridgehead atoms. The molecular weight excluding hydrogens is 352 g/mol. The van der Waals surface area contributed by atoms with E-state index in [9.17, 15) is 4.79 Å². The molecule has 0 heterocycles. The molecule has 4 rings (SSSR count). The SMILES string of the molecule is CC1=CC(=O)C[C@@]2(C)[C@H]1CC[C@@H]1[C@@H]2CC[C@]2(C)[C@@H]([C@H](C)CCCC(C)C)CC[C@@H]12. The Morgan fingerprint density at radius 2 is 1.69 bits per heavy atom. The Balaban J connectivity index is 1.51. The van der Waals surface area contributed by atoms with Crippen LogP contribution in [-0.4, -0.2) is 5.78 Å². The highest BCUT2D eigenvalue weighted by Crippen LogP contribution is 2.68. The highest BCUT2D eigenvalue weighted by atomic mass is 16.1. The van der Waals surface area contributed by atoms with Crippen LogP contribution in [0.4, 0.5) is 0 Å². The van der Waals surface area contributed by atoms with E-state index in [1.54, 1.807) is 0 Å². The van der Waals surface area contributed by atoms with Crippen LogP contribution in [0.2, 0.25) is 0 Å². The van der Waals surface area contributed by atoms with Crippen LogP contribution in [0.25, 0.3) is 0 Å². The van der Waals surface area contributed by atoms with Gasteiger partial charge < -0.3 is 0 Å². The molecule has 0 unspecified atom stereocenters. The van der Waals surface area contributed by atoms with Crippen LogP contribution >= 0.6 is 0 Å². The third-order valence-corrected chi connectivity index (χ3v) is 10.6. The smallest absolute Gasteiger partial charge is 0.156 e. The Kier molecular flexibility index (Phi) is 5.84. The molecule has 0 aromatic rings. The highest BCUT2D eigenvalue weighted by Gasteiger charge is 2.60. The van der Waals surface area contributed by atoms with Crippen molar-refractivity contribution >= 4 is 5.78 Å². The third kappa shape index (κ3) is 3.57. The molecule has 3 saturated carbocycles. The molecule has 1 heteroatoms. The molecule has 4 aliphatic rings. The fraction of sp³-hybridized carbons (Fsp3) is 0.893. The van der Waals surface area contributed by atoms with E-state index in [-0.39, 0.29) is 5.41 Å². The first kappa shape index (κ1) is 21.6. The molecule has 0 saturated heterocycles. The number of hydrogen-bond acceptors (Lipinski definition) is 1. The van der Waals surface area contributed by atoms with Crippen molar-refractivity contribution in [3.63, 3.8) is 0 Å². The van der Waals surface area contributed by atoms with Gasteiger partial charge in [0.15, 0.2) is 5.78 Å². The predicted octanol–water partition coefficient (Wildman–Crippen LogP) is 7.84. The molecular formula is C28H46O. The van der Waals surface area contributed by atoms with Crippen LogP contribution in [0.1, 0.15) is 106 Å². The fourth-order valence-electron chi connectivity index (χ4n) is 9.26. The van der Waals surface area contributed by atoms with Gasteiger partial charge in [-0.2, -0.15) is 0 Å². The molecule has 0 aliphatic heterocycles. The second-order valence-corrected chi connectivity index (χ2v) is 12.6. The monoisotopic (exact) mass is 398 g/mol. The van der Waals surface area contributed by atoms with Gasteiger partial charge in [0.2, 0.25) is 0 Å². The van der Waals surface area contributed by atoms with Gasteiger partial charge in [-0.25, -0.2) is 0 Å². The van der Waals surface area contributed by atoms with E-state index in [2.05, 4.69) is 41.5 Å². The maximum Gasteiger partial charge on any atom is 0.156 e. The lowest BCUT2D eigenvalue weighted by molar-refractivity contribution is -0.129. The lowest BCUT2D eigenvalue weighted by atomic mass is 9.44. The van der Waals surface area contributed by atoms with Gasteiger partial charge >= 0.3 is 0 Å². The quantitative estimate of drug-likeness (QED) is 0.461. The van der Waals surface area contributed by atoms with E-state index in [0.717, 1.165) is 41.9 Å². The summed E-state index contributed by atoms with van der Waals surface area (Å²) in [6, 6.07) is 0. The Morgan fingerprint density at radius 1 is 0.966 bits per heavy atom. The van der Waals surface area contributed by atoms with Crippen LogP contribution < -0.4 is 0 Å². The number of carbonyl (C=O) groups excluding carboxylic acids is 1. The standard InChI is InChI=1S/C28H46O/c1-18(2)8-7-9-19(3)23-12-13-25-22-10-11-24-20(4)16-21(29)17-28(24,6)26(22)14-15-27(23,25)5/h16,18-19,22-26H,7-15,17H2,1-6H3/t19-,22+,23-,24+,25+,26+,27-,28+/m1/s1. The molecule has 3 fully saturated rings. The maximum atomic E-state index is 12.5. The first-order valence-corrected chi connectivity index (χ1v) is 12.9. The van der Waals surface area contributed by atoms with Gasteiger partial charge in [0.25, 0.3) is 0 Å². The number of rotatable bonds is 5. The second-order valence-electron chi connectivity index (χ2n) is 12.6. The first-order chi connectivity index (χ1) is 13.7. The third-order valence-electron chi connectivity index (χ3n) is 10.6. The van der Waals surface area contributed by atoms with Crippen molar-refractivity contribution in [3.05, 3.63) is 11.6 Å². The van der Waals surface area contributed by atoms with Crippen molar-refractivity contribution in [3.8, 4) is 0 Å². The Morgan fingerprint density at radius 3 is 2.41 bits per heavy atom. The average molecular weight is 399 g/mol. The molecule has 4 aliphatic carbocycles. The average Bonchev–Trinajstić information content (AvgIpc) is 2.97. The molecule has 164 valence electrons. The summed E-state index contributed by atoms with van der Waals surface area (Å²) < 4.78 is 0. The van der Waals surface area contributed by atoms with Crippen LogP contribution in [0.5, 0.6) is 0 Å². The molecule has 0 amide bonds. The van der Waals surface area contributed by atoms with Crippen molar-refractivity contribution in [2.45, 2.75) is 106 Å². The van der Waals surface area contributed by atoms with Crippen molar-refractivity contribution < 1.29 is 4.79 Å². The van der Waals surface area contributed by atoms with Gasteiger partial charge in [0.05, 0.1) is 0 Å². The van der Waals surface area contributed by atoms with Crippen molar-refractivity contribution in [2.75, 3.05) is 0 Å². The molecule has 0 N–H and O–H groups in total. The summed E-state index contributed by atoms with van der Waals surface area (Å²) in [6.45, 7) is 14.7. The molecule has 29 heavy (non-hydrogen) atoms. The van der Waals surface area contributed by atoms with Gasteiger partial charge in [-0.15, -0.1) is 0 Å². The zero-order valence-corrected chi connectivity index (χ0v) is 20.1. The molecule has 0 spiro atoms. The molecule has 1 nitrogen and oxygen atoms in total. The molecule has 0 aromatic carbocycles. The molecule has 0 aromatic heterocycles. The summed E-state index contributed by atoms with van der Waals surface area (Å²) in [6.07, 6.45) is 15.5. The van der Waals surface area contributed by atoms with Crippen molar-refractivity contribution in [2.24, 2.45) is 52.3 Å². The fourth-order valence-corrected chi connectivity index (χ4v) is 9.26. The van der Waals surface area contributed by atoms with E-state index in [1.165, 1.54) is 63.4 Å². The summed E-state index contributed by atoms with van der Waals surface area (Å²) in [7, 11) is 0. The molecule has 8 atom stereocenters. The highest BCUT2D eigenvalue weighted by molar-refractivity contribution is 5.92. The van der Waals surface area contributed by atoms with E-state index in [4.69, 9.17) is 0 Å². The minimum absolute atomic E-state index is 0.237.